The Kier molecular flexibility index (Phi) is 2.07. The van der Waals surface area contributed by atoms with Gasteiger partial charge in [0.2, 0.25) is 0 Å². The van der Waals surface area contributed by atoms with Gasteiger partial charge in [0.15, 0.2) is 0 Å². The third-order valence-electron chi connectivity index (χ3n) is 0.993. The molecule has 1 heterocycles. The maximum atomic E-state index is 9.84. The molecule has 0 saturated heterocycles. The average molecular weight is 123 g/mol. The first-order chi connectivity index (χ1) is 4.43. The van der Waals surface area contributed by atoms with Crippen molar-refractivity contribution in [3.8, 4) is 0 Å². The Balaban J connectivity index is 2.38. The predicted octanol–water partition coefficient (Wildman–Crippen LogP) is 1.42. The minimum Gasteiger partial charge on any atom is -0.472 e. The highest BCUT2D eigenvalue weighted by molar-refractivity contribution is 5.52. The van der Waals surface area contributed by atoms with Gasteiger partial charge in [-0.2, -0.15) is 0 Å². The molecular weight excluding hydrogens is 116 g/mol. The van der Waals surface area contributed by atoms with Crippen molar-refractivity contribution in [2.75, 3.05) is 0 Å². The monoisotopic (exact) mass is 123 g/mol. The fraction of sp³-hybridized carbons (Fsp3) is 0.143. The van der Waals surface area contributed by atoms with Crippen LogP contribution in [0.25, 0.3) is 0 Å². The largest absolute Gasteiger partial charge is 0.472 e. The van der Waals surface area contributed by atoms with Gasteiger partial charge in [-0.1, -0.05) is 0 Å². The minimum absolute atomic E-state index is 0.458. The fourth-order valence-corrected chi connectivity index (χ4v) is 0.575. The predicted molar refractivity (Wildman–Crippen MR) is 32.8 cm³/mol. The van der Waals surface area contributed by atoms with Crippen LogP contribution >= 0.6 is 0 Å². The minimum atomic E-state index is 0.458. The molecule has 0 amide bonds. The molecule has 0 aromatic carbocycles. The molecule has 0 fully saturated rings. The van der Waals surface area contributed by atoms with Crippen LogP contribution in [0.15, 0.2) is 23.0 Å². The molecule has 0 N–H and O–H groups in total. The first-order valence-corrected chi connectivity index (χ1v) is 2.72. The van der Waals surface area contributed by atoms with Crippen molar-refractivity contribution in [3.63, 3.8) is 0 Å². The molecule has 2 nitrogen and oxygen atoms in total. The van der Waals surface area contributed by atoms with Gasteiger partial charge in [-0.25, -0.2) is 0 Å². The molecule has 9 heavy (non-hydrogen) atoms. The zero-order valence-corrected chi connectivity index (χ0v) is 4.91. The molecule has 2 heteroatoms. The molecule has 0 aliphatic heterocycles. The van der Waals surface area contributed by atoms with Gasteiger partial charge in [-0.15, -0.1) is 0 Å². The van der Waals surface area contributed by atoms with Gasteiger partial charge in [0.05, 0.1) is 12.5 Å². The Morgan fingerprint density at radius 2 is 2.56 bits per heavy atom. The van der Waals surface area contributed by atoms with E-state index in [0.717, 1.165) is 11.8 Å². The molecule has 0 atom stereocenters. The van der Waals surface area contributed by atoms with Crippen LogP contribution < -0.4 is 0 Å². The van der Waals surface area contributed by atoms with E-state index in [4.69, 9.17) is 4.42 Å². The molecule has 0 bridgehead atoms. The Labute approximate surface area is 53.5 Å². The molecule has 0 saturated carbocycles. The van der Waals surface area contributed by atoms with Crippen LogP contribution in [-0.4, -0.2) is 6.29 Å². The van der Waals surface area contributed by atoms with Crippen LogP contribution in [0.1, 0.15) is 12.0 Å². The van der Waals surface area contributed by atoms with Gasteiger partial charge in [0, 0.05) is 12.8 Å². The SMILES string of the molecule is O=CC[CH]c1ccoc1. The summed E-state index contributed by atoms with van der Waals surface area (Å²) < 4.78 is 4.76. The molecule has 0 spiro atoms. The zero-order chi connectivity index (χ0) is 6.53. The van der Waals surface area contributed by atoms with Gasteiger partial charge in [-0.05, 0) is 11.6 Å². The zero-order valence-electron chi connectivity index (χ0n) is 4.91. The maximum absolute atomic E-state index is 9.84. The molecule has 1 aromatic rings. The highest BCUT2D eigenvalue weighted by atomic mass is 16.3. The van der Waals surface area contributed by atoms with E-state index in [1.165, 1.54) is 0 Å². The van der Waals surface area contributed by atoms with Gasteiger partial charge in [-0.3, -0.25) is 0 Å². The highest BCUT2D eigenvalue weighted by Crippen LogP contribution is 2.03. The van der Waals surface area contributed by atoms with Crippen LogP contribution in [0.3, 0.4) is 0 Å². The molecule has 0 unspecified atom stereocenters. The summed E-state index contributed by atoms with van der Waals surface area (Å²) >= 11 is 0. The number of aldehydes is 1. The number of carbonyl (C=O) groups is 1. The number of furan rings is 1. The lowest BCUT2D eigenvalue weighted by molar-refractivity contribution is -0.107. The molecule has 47 valence electrons. The lowest BCUT2D eigenvalue weighted by Crippen LogP contribution is -1.76. The summed E-state index contributed by atoms with van der Waals surface area (Å²) in [7, 11) is 0. The van der Waals surface area contributed by atoms with E-state index in [2.05, 4.69) is 0 Å². The van der Waals surface area contributed by atoms with Gasteiger partial charge in [0.25, 0.3) is 0 Å². The molecular formula is C7H7O2. The Bertz CT molecular complexity index is 165. The number of rotatable bonds is 3. The smallest absolute Gasteiger partial charge is 0.120 e. The lowest BCUT2D eigenvalue weighted by atomic mass is 10.2. The summed E-state index contributed by atoms with van der Waals surface area (Å²) in [5.74, 6) is 0. The Morgan fingerprint density at radius 3 is 3.11 bits per heavy atom. The molecule has 0 aliphatic rings. The summed E-state index contributed by atoms with van der Waals surface area (Å²) in [4.78, 5) is 9.84. The van der Waals surface area contributed by atoms with E-state index in [1.807, 2.05) is 6.07 Å². The second-order valence-corrected chi connectivity index (χ2v) is 1.66. The second kappa shape index (κ2) is 3.07. The molecule has 0 aliphatic carbocycles. The van der Waals surface area contributed by atoms with Crippen LogP contribution in [0.5, 0.6) is 0 Å². The van der Waals surface area contributed by atoms with E-state index in [1.54, 1.807) is 18.9 Å². The third-order valence-corrected chi connectivity index (χ3v) is 0.993. The quantitative estimate of drug-likeness (QED) is 0.569. The van der Waals surface area contributed by atoms with Crippen molar-refractivity contribution >= 4 is 6.29 Å². The standard InChI is InChI=1S/C7H7O2/c8-4-1-2-7-3-5-9-6-7/h2-6H,1H2. The first kappa shape index (κ1) is 6.08. The van der Waals surface area contributed by atoms with E-state index < -0.39 is 0 Å². The third kappa shape index (κ3) is 1.72. The van der Waals surface area contributed by atoms with E-state index >= 15 is 0 Å². The van der Waals surface area contributed by atoms with Crippen LogP contribution in [-0.2, 0) is 4.79 Å². The topological polar surface area (TPSA) is 30.2 Å². The Morgan fingerprint density at radius 1 is 1.67 bits per heavy atom. The summed E-state index contributed by atoms with van der Waals surface area (Å²) in [5, 5.41) is 0. The number of carbonyl (C=O) groups excluding carboxylic acids is 1. The average Bonchev–Trinajstić information content (AvgIpc) is 2.34. The van der Waals surface area contributed by atoms with Crippen molar-refractivity contribution in [1.82, 2.24) is 0 Å². The molecule has 1 aromatic heterocycles. The number of hydrogen-bond donors (Lipinski definition) is 0. The molecule has 1 radical (unpaired) electrons. The van der Waals surface area contributed by atoms with Crippen molar-refractivity contribution in [2.24, 2.45) is 0 Å². The summed E-state index contributed by atoms with van der Waals surface area (Å²) in [6.07, 6.45) is 6.29. The summed E-state index contributed by atoms with van der Waals surface area (Å²) in [5.41, 5.74) is 0.960. The Hall–Kier alpha value is -1.05. The van der Waals surface area contributed by atoms with Gasteiger partial charge in [0.1, 0.15) is 6.29 Å². The van der Waals surface area contributed by atoms with Crippen LogP contribution in [0.2, 0.25) is 0 Å². The van der Waals surface area contributed by atoms with Crippen molar-refractivity contribution < 1.29 is 9.21 Å². The highest BCUT2D eigenvalue weighted by Gasteiger charge is 1.91. The fourth-order valence-electron chi connectivity index (χ4n) is 0.575. The maximum Gasteiger partial charge on any atom is 0.120 e. The lowest BCUT2D eigenvalue weighted by Gasteiger charge is -1.83. The van der Waals surface area contributed by atoms with Crippen LogP contribution in [0.4, 0.5) is 0 Å². The first-order valence-electron chi connectivity index (χ1n) is 2.72. The van der Waals surface area contributed by atoms with Gasteiger partial charge >= 0.3 is 0 Å². The van der Waals surface area contributed by atoms with Crippen molar-refractivity contribution in [3.05, 3.63) is 30.6 Å². The van der Waals surface area contributed by atoms with E-state index in [-0.39, 0.29) is 0 Å². The van der Waals surface area contributed by atoms with Gasteiger partial charge < -0.3 is 9.21 Å². The number of hydrogen-bond acceptors (Lipinski definition) is 2. The van der Waals surface area contributed by atoms with Crippen LogP contribution in [0, 0.1) is 6.42 Å². The van der Waals surface area contributed by atoms with E-state index in [9.17, 15) is 4.79 Å². The summed E-state index contributed by atoms with van der Waals surface area (Å²) in [6, 6.07) is 1.81. The summed E-state index contributed by atoms with van der Waals surface area (Å²) in [6.45, 7) is 0. The molecule has 1 rings (SSSR count). The van der Waals surface area contributed by atoms with Crippen molar-refractivity contribution in [2.45, 2.75) is 6.42 Å². The van der Waals surface area contributed by atoms with Crippen molar-refractivity contribution in [1.29, 1.82) is 0 Å². The second-order valence-electron chi connectivity index (χ2n) is 1.66. The van der Waals surface area contributed by atoms with E-state index in [0.29, 0.717) is 6.42 Å². The normalized spacial score (nSPS) is 9.33.